The number of nitrogens with zero attached hydrogens (tertiary/aromatic N) is 9. The standard InChI is InChI=1S/C19H17F3N4O5.2C19H19FN4O5/c1-2-24-7-25-6-10(27)14-11(16(28)17(29)15(19(24)31)26(14)25)18(30)23-5-8-3-4-9(20)13(22)12(8)21;1-2-22-9-23-8-12(25)14-13(16(26)17(27)15(19(22)29)24(14)23)18(28)21-7-10-3-5-11(20)6-4-10;1-2-22-9-23-8-12(25)14-13(16(26)17(27)15(19(22)29)24(14)23)18(28)21-7-10-5-3-4-6-11(10)20/h3-4,10,27,29H,2,5-7H2,1H3,(H,23,30);2*3-6,12,25,27H,2,7-9H2,1H3,(H,21,28). The predicted molar refractivity (Wildman–Crippen MR) is 299 cm³/mol. The molecule has 6 aliphatic rings. The van der Waals surface area contributed by atoms with Crippen molar-refractivity contribution >= 4 is 35.4 Å². The van der Waals surface area contributed by atoms with Crippen LogP contribution in [0.5, 0.6) is 17.2 Å². The minimum atomic E-state index is -1.71. The van der Waals surface area contributed by atoms with Crippen molar-refractivity contribution < 1.29 is 81.4 Å². The molecule has 27 nitrogen and oxygen atoms in total. The number of carbonyl (C=O) groups is 6. The first-order valence-electron chi connectivity index (χ1n) is 27.5. The van der Waals surface area contributed by atoms with Crippen molar-refractivity contribution in [1.82, 2.24) is 44.7 Å². The summed E-state index contributed by atoms with van der Waals surface area (Å²) in [5.41, 5.74) is -5.49. The quantitative estimate of drug-likeness (QED) is 0.0592. The molecule has 468 valence electrons. The fourth-order valence-electron chi connectivity index (χ4n) is 11.2. The second-order valence-electron chi connectivity index (χ2n) is 20.9. The summed E-state index contributed by atoms with van der Waals surface area (Å²) in [5, 5.41) is 74.6. The number of aliphatic hydroxyl groups is 3. The number of hydrogen-bond donors (Lipinski definition) is 9. The van der Waals surface area contributed by atoms with Gasteiger partial charge in [0.05, 0.1) is 36.7 Å². The lowest BCUT2D eigenvalue weighted by Crippen LogP contribution is -2.52. The van der Waals surface area contributed by atoms with E-state index in [1.54, 1.807) is 36.9 Å². The summed E-state index contributed by atoms with van der Waals surface area (Å²) in [7, 11) is 0. The van der Waals surface area contributed by atoms with Crippen molar-refractivity contribution in [2.75, 3.05) is 74.3 Å². The molecule has 9 heterocycles. The number of aromatic hydroxyl groups is 3. The lowest BCUT2D eigenvalue weighted by atomic mass is 10.1. The molecule has 6 aliphatic heterocycles. The Morgan fingerprint density at radius 1 is 0.461 bits per heavy atom. The summed E-state index contributed by atoms with van der Waals surface area (Å²) in [6.45, 7) is 5.88. The highest BCUT2D eigenvalue weighted by atomic mass is 19.2. The topological polar surface area (TPSA) is 345 Å². The number of amides is 6. The van der Waals surface area contributed by atoms with Crippen molar-refractivity contribution in [3.63, 3.8) is 0 Å². The molecule has 0 saturated carbocycles. The first-order valence-corrected chi connectivity index (χ1v) is 27.5. The number of hydrogen-bond acceptors (Lipinski definition) is 18. The molecule has 12 rings (SSSR count). The average molecular weight is 1240 g/mol. The van der Waals surface area contributed by atoms with Gasteiger partial charge in [-0.2, -0.15) is 0 Å². The van der Waals surface area contributed by atoms with Crippen LogP contribution < -0.4 is 47.3 Å². The van der Waals surface area contributed by atoms with E-state index < -0.39 is 140 Å². The second-order valence-corrected chi connectivity index (χ2v) is 20.9. The van der Waals surface area contributed by atoms with E-state index in [1.807, 2.05) is 0 Å². The third-order valence-corrected chi connectivity index (χ3v) is 15.6. The van der Waals surface area contributed by atoms with Gasteiger partial charge in [0, 0.05) is 50.4 Å². The fraction of sp³-hybridized carbons (Fsp3) is 0.316. The van der Waals surface area contributed by atoms with Crippen LogP contribution in [-0.4, -0.2) is 154 Å². The normalized spacial score (nSPS) is 17.4. The van der Waals surface area contributed by atoms with Crippen molar-refractivity contribution in [1.29, 1.82) is 0 Å². The van der Waals surface area contributed by atoms with E-state index in [0.29, 0.717) is 24.7 Å². The Morgan fingerprint density at radius 3 is 1.19 bits per heavy atom. The van der Waals surface area contributed by atoms with Gasteiger partial charge in [0.2, 0.25) is 16.3 Å². The molecule has 0 bridgehead atoms. The number of aromatic nitrogens is 3. The van der Waals surface area contributed by atoms with Crippen LogP contribution >= 0.6 is 0 Å². The van der Waals surface area contributed by atoms with Crippen LogP contribution in [0.15, 0.2) is 75.0 Å². The Labute approximate surface area is 498 Å². The Balaban J connectivity index is 0.000000147. The lowest BCUT2D eigenvalue weighted by Gasteiger charge is -2.36. The Kier molecular flexibility index (Phi) is 16.7. The maximum absolute atomic E-state index is 13.9. The molecule has 0 fully saturated rings. The molecular formula is C57H55F5N12O15. The largest absolute Gasteiger partial charge is 0.502 e. The first kappa shape index (κ1) is 61.7. The number of nitrogens with one attached hydrogen (secondary N) is 3. The average Bonchev–Trinajstić information content (AvgIpc) is 1.68. The lowest BCUT2D eigenvalue weighted by molar-refractivity contribution is 0.0694. The molecular weight excluding hydrogens is 1190 g/mol. The van der Waals surface area contributed by atoms with Crippen LogP contribution in [0.2, 0.25) is 0 Å². The molecule has 3 atom stereocenters. The number of aliphatic hydroxyl groups excluding tert-OH is 3. The van der Waals surface area contributed by atoms with E-state index in [9.17, 15) is 95.7 Å². The van der Waals surface area contributed by atoms with E-state index in [0.717, 1.165) is 10.7 Å². The van der Waals surface area contributed by atoms with Crippen molar-refractivity contribution in [2.24, 2.45) is 0 Å². The van der Waals surface area contributed by atoms with Gasteiger partial charge in [-0.3, -0.25) is 58.2 Å². The summed E-state index contributed by atoms with van der Waals surface area (Å²) in [6, 6.07) is 12.9. The summed E-state index contributed by atoms with van der Waals surface area (Å²) in [5.74, 6) is -12.7. The Bertz CT molecular complexity index is 4160. The smallest absolute Gasteiger partial charge is 0.277 e. The molecule has 32 heteroatoms. The van der Waals surface area contributed by atoms with Gasteiger partial charge in [-0.15, -0.1) is 0 Å². The molecule has 89 heavy (non-hydrogen) atoms. The molecule has 0 spiro atoms. The van der Waals surface area contributed by atoms with Gasteiger partial charge in [-0.25, -0.2) is 36.0 Å². The molecule has 0 aliphatic carbocycles. The zero-order valence-electron chi connectivity index (χ0n) is 47.3. The van der Waals surface area contributed by atoms with Crippen LogP contribution in [-0.2, 0) is 19.6 Å². The van der Waals surface area contributed by atoms with Crippen molar-refractivity contribution in [3.05, 3.63) is 188 Å². The van der Waals surface area contributed by atoms with Gasteiger partial charge in [-0.1, -0.05) is 36.4 Å². The third kappa shape index (κ3) is 10.6. The van der Waals surface area contributed by atoms with E-state index in [2.05, 4.69) is 16.0 Å². The highest BCUT2D eigenvalue weighted by Crippen LogP contribution is 2.36. The molecule has 6 amide bonds. The van der Waals surface area contributed by atoms with Gasteiger partial charge in [0.25, 0.3) is 35.4 Å². The third-order valence-electron chi connectivity index (χ3n) is 15.6. The van der Waals surface area contributed by atoms with E-state index in [1.165, 1.54) is 71.5 Å². The minimum absolute atomic E-state index is 0.0167. The Morgan fingerprint density at radius 2 is 0.820 bits per heavy atom. The summed E-state index contributed by atoms with van der Waals surface area (Å²) in [4.78, 5) is 119. The highest BCUT2D eigenvalue weighted by Gasteiger charge is 2.47. The first-order chi connectivity index (χ1) is 42.3. The molecule has 3 aromatic carbocycles. The second kappa shape index (κ2) is 24.1. The van der Waals surface area contributed by atoms with Crippen LogP contribution in [0, 0.1) is 29.1 Å². The van der Waals surface area contributed by atoms with Gasteiger partial charge in [0.15, 0.2) is 51.8 Å². The van der Waals surface area contributed by atoms with Crippen LogP contribution in [0.3, 0.4) is 0 Å². The van der Waals surface area contributed by atoms with Gasteiger partial charge >= 0.3 is 0 Å². The molecule has 9 N–H and O–H groups in total. The van der Waals surface area contributed by atoms with Crippen molar-refractivity contribution in [3.8, 4) is 17.2 Å². The molecule has 0 saturated heterocycles. The van der Waals surface area contributed by atoms with E-state index in [-0.39, 0.29) is 105 Å². The zero-order valence-corrected chi connectivity index (χ0v) is 47.3. The molecule has 6 aromatic rings. The van der Waals surface area contributed by atoms with Crippen LogP contribution in [0.25, 0.3) is 0 Å². The van der Waals surface area contributed by atoms with Crippen LogP contribution in [0.1, 0.15) is 135 Å². The summed E-state index contributed by atoms with van der Waals surface area (Å²) < 4.78 is 70.8. The predicted octanol–water partition coefficient (Wildman–Crippen LogP) is 0.402. The highest BCUT2D eigenvalue weighted by molar-refractivity contribution is 6.03. The molecule has 0 radical (unpaired) electrons. The number of benzene rings is 3. The number of pyridine rings is 3. The number of rotatable bonds is 12. The SMILES string of the molecule is CCN1CN2CC(O)c3c(C(=O)NCc4ccc(F)c(F)c4F)c(=O)c(O)c(n32)C1=O.CCN1CN2CC(O)c3c(C(=O)NCc4ccc(F)cc4)c(=O)c(O)c(n32)C1=O.CCN1CN2CC(O)c3c(C(=O)NCc4ccccc4F)c(=O)c(O)c(n32)C1=O. The number of halogens is 5. The molecule has 3 unspecified atom stereocenters. The minimum Gasteiger partial charge on any atom is -0.502 e. The van der Waals surface area contributed by atoms with Gasteiger partial charge in [0.1, 0.15) is 66.6 Å². The van der Waals surface area contributed by atoms with Gasteiger partial charge in [-0.05, 0) is 50.6 Å². The van der Waals surface area contributed by atoms with Crippen LogP contribution in [0.4, 0.5) is 22.0 Å². The maximum Gasteiger partial charge on any atom is 0.277 e. The van der Waals surface area contributed by atoms with E-state index in [4.69, 9.17) is 0 Å². The Hall–Kier alpha value is -10.3. The zero-order chi connectivity index (χ0) is 64.3. The fourth-order valence-corrected chi connectivity index (χ4v) is 11.2. The molecule has 3 aromatic heterocycles. The summed E-state index contributed by atoms with van der Waals surface area (Å²) in [6.07, 6.45) is -3.71. The monoisotopic (exact) mass is 1240 g/mol. The maximum atomic E-state index is 13.9. The van der Waals surface area contributed by atoms with Crippen molar-refractivity contribution in [2.45, 2.75) is 58.7 Å². The number of carbonyl (C=O) groups excluding carboxylic acids is 6. The summed E-state index contributed by atoms with van der Waals surface area (Å²) >= 11 is 0. The van der Waals surface area contributed by atoms with Gasteiger partial charge < -0.3 is 61.3 Å². The van der Waals surface area contributed by atoms with E-state index >= 15 is 0 Å².